The summed E-state index contributed by atoms with van der Waals surface area (Å²) < 4.78 is 0. The van der Waals surface area contributed by atoms with Crippen molar-refractivity contribution in [1.29, 1.82) is 0 Å². The molecule has 3 nitrogen and oxygen atoms in total. The van der Waals surface area contributed by atoms with Crippen molar-refractivity contribution in [2.45, 2.75) is 59.2 Å². The fraction of sp³-hybridized carbons (Fsp3) is 0.688. The summed E-state index contributed by atoms with van der Waals surface area (Å²) in [6, 6.07) is 3.21. The molecule has 1 N–H and O–H groups in total. The van der Waals surface area contributed by atoms with Crippen LogP contribution in [0.3, 0.4) is 0 Å². The molecule has 1 saturated carbocycles. The van der Waals surface area contributed by atoms with E-state index in [0.717, 1.165) is 12.5 Å². The SMILES string of the molecule is CC(C)NCc1cnccc1N(CC1CC1)C(C)C. The van der Waals surface area contributed by atoms with E-state index in [1.54, 1.807) is 0 Å². The van der Waals surface area contributed by atoms with Crippen molar-refractivity contribution in [3.05, 3.63) is 24.0 Å². The van der Waals surface area contributed by atoms with Gasteiger partial charge < -0.3 is 10.2 Å². The van der Waals surface area contributed by atoms with Crippen molar-refractivity contribution in [3.8, 4) is 0 Å². The van der Waals surface area contributed by atoms with Crippen LogP contribution >= 0.6 is 0 Å². The third-order valence-electron chi connectivity index (χ3n) is 3.66. The molecule has 1 heterocycles. The van der Waals surface area contributed by atoms with Crippen molar-refractivity contribution in [3.63, 3.8) is 0 Å². The lowest BCUT2D eigenvalue weighted by atomic mass is 10.1. The van der Waals surface area contributed by atoms with Gasteiger partial charge >= 0.3 is 0 Å². The summed E-state index contributed by atoms with van der Waals surface area (Å²) in [4.78, 5) is 6.83. The monoisotopic (exact) mass is 261 g/mol. The summed E-state index contributed by atoms with van der Waals surface area (Å²) >= 11 is 0. The Labute approximate surface area is 117 Å². The molecular weight excluding hydrogens is 234 g/mol. The number of nitrogens with zero attached hydrogens (tertiary/aromatic N) is 2. The molecule has 0 saturated heterocycles. The van der Waals surface area contributed by atoms with E-state index < -0.39 is 0 Å². The van der Waals surface area contributed by atoms with Crippen molar-refractivity contribution >= 4 is 5.69 Å². The number of pyridine rings is 1. The zero-order valence-electron chi connectivity index (χ0n) is 12.7. The molecule has 0 atom stereocenters. The lowest BCUT2D eigenvalue weighted by molar-refractivity contribution is 0.582. The second-order valence-corrected chi connectivity index (χ2v) is 6.23. The molecular formula is C16H27N3. The van der Waals surface area contributed by atoms with E-state index in [1.165, 1.54) is 30.6 Å². The van der Waals surface area contributed by atoms with Crippen LogP contribution in [0.4, 0.5) is 5.69 Å². The van der Waals surface area contributed by atoms with Gasteiger partial charge in [0.05, 0.1) is 0 Å². The van der Waals surface area contributed by atoms with E-state index in [2.05, 4.69) is 49.0 Å². The standard InChI is InChI=1S/C16H27N3/c1-12(2)18-10-15-9-17-8-7-16(15)19(13(3)4)11-14-5-6-14/h7-9,12-14,18H,5-6,10-11H2,1-4H3. The number of aromatic nitrogens is 1. The fourth-order valence-electron chi connectivity index (χ4n) is 2.32. The third-order valence-corrected chi connectivity index (χ3v) is 3.66. The van der Waals surface area contributed by atoms with Crippen LogP contribution in [0.15, 0.2) is 18.5 Å². The highest BCUT2D eigenvalue weighted by molar-refractivity contribution is 5.53. The second-order valence-electron chi connectivity index (χ2n) is 6.23. The lowest BCUT2D eigenvalue weighted by Gasteiger charge is -2.31. The molecule has 1 fully saturated rings. The molecule has 1 aliphatic rings. The minimum Gasteiger partial charge on any atom is -0.368 e. The van der Waals surface area contributed by atoms with Crippen LogP contribution in [0.1, 0.15) is 46.1 Å². The molecule has 3 heteroatoms. The molecule has 0 spiro atoms. The van der Waals surface area contributed by atoms with Gasteiger partial charge in [-0.15, -0.1) is 0 Å². The normalized spacial score (nSPS) is 15.3. The molecule has 2 rings (SSSR count). The Morgan fingerprint density at radius 2 is 2.05 bits per heavy atom. The largest absolute Gasteiger partial charge is 0.368 e. The molecule has 0 unspecified atom stereocenters. The first-order valence-corrected chi connectivity index (χ1v) is 7.51. The van der Waals surface area contributed by atoms with Gasteiger partial charge in [0.15, 0.2) is 0 Å². The Morgan fingerprint density at radius 3 is 2.63 bits per heavy atom. The van der Waals surface area contributed by atoms with Crippen molar-refractivity contribution in [1.82, 2.24) is 10.3 Å². The zero-order chi connectivity index (χ0) is 13.8. The average molecular weight is 261 g/mol. The van der Waals surface area contributed by atoms with Crippen LogP contribution in [-0.2, 0) is 6.54 Å². The van der Waals surface area contributed by atoms with Gasteiger partial charge in [-0.25, -0.2) is 0 Å². The Kier molecular flexibility index (Phi) is 4.81. The third kappa shape index (κ3) is 4.20. The zero-order valence-corrected chi connectivity index (χ0v) is 12.7. The quantitative estimate of drug-likeness (QED) is 0.817. The second kappa shape index (κ2) is 6.38. The highest BCUT2D eigenvalue weighted by Gasteiger charge is 2.26. The van der Waals surface area contributed by atoms with Crippen LogP contribution in [0.25, 0.3) is 0 Å². The van der Waals surface area contributed by atoms with Crippen LogP contribution in [0.2, 0.25) is 0 Å². The summed E-state index contributed by atoms with van der Waals surface area (Å²) in [5.74, 6) is 0.904. The summed E-state index contributed by atoms with van der Waals surface area (Å²) in [5, 5.41) is 3.50. The molecule has 0 radical (unpaired) electrons. The lowest BCUT2D eigenvalue weighted by Crippen LogP contribution is -2.34. The van der Waals surface area contributed by atoms with Gasteiger partial charge in [-0.05, 0) is 38.7 Å². The van der Waals surface area contributed by atoms with Gasteiger partial charge in [-0.1, -0.05) is 13.8 Å². The van der Waals surface area contributed by atoms with Gasteiger partial charge in [0, 0.05) is 48.8 Å². The Balaban J connectivity index is 2.14. The summed E-state index contributed by atoms with van der Waals surface area (Å²) in [6.07, 6.45) is 6.71. The smallest absolute Gasteiger partial charge is 0.0445 e. The first-order valence-electron chi connectivity index (χ1n) is 7.51. The fourth-order valence-corrected chi connectivity index (χ4v) is 2.32. The van der Waals surface area contributed by atoms with E-state index in [4.69, 9.17) is 0 Å². The predicted molar refractivity (Wildman–Crippen MR) is 81.4 cm³/mol. The highest BCUT2D eigenvalue weighted by atomic mass is 15.2. The minimum atomic E-state index is 0.504. The first-order chi connectivity index (χ1) is 9.08. The molecule has 106 valence electrons. The van der Waals surface area contributed by atoms with Crippen molar-refractivity contribution < 1.29 is 0 Å². The maximum atomic E-state index is 4.29. The number of rotatable bonds is 7. The number of anilines is 1. The van der Waals surface area contributed by atoms with Gasteiger partial charge in [-0.3, -0.25) is 4.98 Å². The van der Waals surface area contributed by atoms with Gasteiger partial charge in [-0.2, -0.15) is 0 Å². The Hall–Kier alpha value is -1.09. The van der Waals surface area contributed by atoms with Gasteiger partial charge in [0.2, 0.25) is 0 Å². The van der Waals surface area contributed by atoms with E-state index in [1.807, 2.05) is 12.4 Å². The van der Waals surface area contributed by atoms with Crippen molar-refractivity contribution in [2.24, 2.45) is 5.92 Å². The molecule has 19 heavy (non-hydrogen) atoms. The number of hydrogen-bond donors (Lipinski definition) is 1. The Morgan fingerprint density at radius 1 is 1.32 bits per heavy atom. The number of hydrogen-bond acceptors (Lipinski definition) is 3. The summed E-state index contributed by atoms with van der Waals surface area (Å²) in [7, 11) is 0. The predicted octanol–water partition coefficient (Wildman–Crippen LogP) is 3.20. The van der Waals surface area contributed by atoms with Crippen LogP contribution in [-0.4, -0.2) is 23.6 Å². The number of nitrogens with one attached hydrogen (secondary N) is 1. The topological polar surface area (TPSA) is 28.2 Å². The van der Waals surface area contributed by atoms with Crippen LogP contribution < -0.4 is 10.2 Å². The first kappa shape index (κ1) is 14.3. The highest BCUT2D eigenvalue weighted by Crippen LogP contribution is 2.33. The molecule has 0 amide bonds. The maximum absolute atomic E-state index is 4.29. The molecule has 1 aliphatic carbocycles. The van der Waals surface area contributed by atoms with Crippen LogP contribution in [0, 0.1) is 5.92 Å². The minimum absolute atomic E-state index is 0.504. The van der Waals surface area contributed by atoms with Gasteiger partial charge in [0.25, 0.3) is 0 Å². The molecule has 0 aliphatic heterocycles. The van der Waals surface area contributed by atoms with E-state index in [0.29, 0.717) is 12.1 Å². The van der Waals surface area contributed by atoms with Crippen LogP contribution in [0.5, 0.6) is 0 Å². The maximum Gasteiger partial charge on any atom is 0.0445 e. The molecule has 1 aromatic rings. The van der Waals surface area contributed by atoms with Crippen molar-refractivity contribution in [2.75, 3.05) is 11.4 Å². The average Bonchev–Trinajstić information content (AvgIpc) is 3.17. The van der Waals surface area contributed by atoms with E-state index in [-0.39, 0.29) is 0 Å². The van der Waals surface area contributed by atoms with E-state index >= 15 is 0 Å². The summed E-state index contributed by atoms with van der Waals surface area (Å²) in [5.41, 5.74) is 2.66. The summed E-state index contributed by atoms with van der Waals surface area (Å²) in [6.45, 7) is 11.0. The Bertz CT molecular complexity index is 397. The van der Waals surface area contributed by atoms with E-state index in [9.17, 15) is 0 Å². The molecule has 0 aromatic carbocycles. The molecule has 1 aromatic heterocycles. The molecule has 0 bridgehead atoms. The van der Waals surface area contributed by atoms with Gasteiger partial charge in [0.1, 0.15) is 0 Å².